The Bertz CT molecular complexity index is 404. The molecule has 1 aliphatic carbocycles. The average molecular weight is 218 g/mol. The first-order valence-electron chi connectivity index (χ1n) is 5.68. The molecule has 1 N–H and O–H groups in total. The number of Topliss-reactive ketones (excluding diaryl/α,β-unsaturated/α-hetero) is 1. The molecule has 0 bridgehead atoms. The van der Waals surface area contributed by atoms with E-state index in [1.54, 1.807) is 6.92 Å². The smallest absolute Gasteiger partial charge is 0.170 e. The van der Waals surface area contributed by atoms with Crippen molar-refractivity contribution >= 4 is 5.78 Å². The minimum absolute atomic E-state index is 0.0474. The summed E-state index contributed by atoms with van der Waals surface area (Å²) in [4.78, 5) is 12.1. The molecule has 0 aliphatic heterocycles. The molecular formula is C14H18O2. The molecular weight excluding hydrogens is 200 g/mol. The molecule has 0 unspecified atom stereocenters. The van der Waals surface area contributed by atoms with Crippen molar-refractivity contribution in [3.63, 3.8) is 0 Å². The van der Waals surface area contributed by atoms with E-state index in [4.69, 9.17) is 0 Å². The Hall–Kier alpha value is -1.15. The number of carbonyl (C=O) groups excluding carboxylic acids is 1. The zero-order chi connectivity index (χ0) is 12.0. The van der Waals surface area contributed by atoms with Gasteiger partial charge in [0.1, 0.15) is 5.60 Å². The van der Waals surface area contributed by atoms with Crippen LogP contribution in [0.4, 0.5) is 0 Å². The van der Waals surface area contributed by atoms with Crippen LogP contribution < -0.4 is 0 Å². The third kappa shape index (κ3) is 1.57. The van der Waals surface area contributed by atoms with Crippen molar-refractivity contribution in [1.29, 1.82) is 0 Å². The van der Waals surface area contributed by atoms with Crippen molar-refractivity contribution in [2.45, 2.75) is 38.7 Å². The Morgan fingerprint density at radius 3 is 2.19 bits per heavy atom. The van der Waals surface area contributed by atoms with Gasteiger partial charge in [-0.25, -0.2) is 0 Å². The molecule has 16 heavy (non-hydrogen) atoms. The fraction of sp³-hybridized carbons (Fsp3) is 0.500. The third-order valence-corrected chi connectivity index (χ3v) is 3.67. The first kappa shape index (κ1) is 11.3. The van der Waals surface area contributed by atoms with E-state index < -0.39 is 11.0 Å². The van der Waals surface area contributed by atoms with E-state index in [0.717, 1.165) is 5.56 Å². The number of benzene rings is 1. The Kier molecular flexibility index (Phi) is 2.43. The Morgan fingerprint density at radius 2 is 1.75 bits per heavy atom. The van der Waals surface area contributed by atoms with E-state index in [9.17, 15) is 9.90 Å². The van der Waals surface area contributed by atoms with Crippen LogP contribution >= 0.6 is 0 Å². The van der Waals surface area contributed by atoms with Gasteiger partial charge in [0.15, 0.2) is 5.78 Å². The summed E-state index contributed by atoms with van der Waals surface area (Å²) in [7, 11) is 0. The summed E-state index contributed by atoms with van der Waals surface area (Å²) in [5, 5.41) is 10.4. The zero-order valence-electron chi connectivity index (χ0n) is 10.0. The van der Waals surface area contributed by atoms with E-state index in [0.29, 0.717) is 6.42 Å². The van der Waals surface area contributed by atoms with Gasteiger partial charge in [-0.3, -0.25) is 4.79 Å². The Balaban J connectivity index is 2.42. The molecule has 0 spiro atoms. The van der Waals surface area contributed by atoms with E-state index in [1.807, 2.05) is 44.2 Å². The number of hydrogen-bond donors (Lipinski definition) is 1. The molecule has 86 valence electrons. The molecule has 0 heterocycles. The lowest BCUT2D eigenvalue weighted by Crippen LogP contribution is -2.38. The standard InChI is InChI=1S/C14H18O2/c1-13(2)9-11(14(3,16)12(13)15)10-7-5-4-6-8-10/h4-8,11,16H,9H2,1-3H3/t11-,14-/m0/s1. The lowest BCUT2D eigenvalue weighted by molar-refractivity contribution is -0.138. The van der Waals surface area contributed by atoms with Crippen LogP contribution in [0.2, 0.25) is 0 Å². The first-order chi connectivity index (χ1) is 7.36. The maximum atomic E-state index is 12.1. The molecule has 0 radical (unpaired) electrons. The predicted octanol–water partition coefficient (Wildman–Crippen LogP) is 2.52. The molecule has 2 rings (SSSR count). The third-order valence-electron chi connectivity index (χ3n) is 3.67. The van der Waals surface area contributed by atoms with E-state index >= 15 is 0 Å². The second-order valence-corrected chi connectivity index (χ2v) is 5.53. The van der Waals surface area contributed by atoms with Gasteiger partial charge >= 0.3 is 0 Å². The zero-order valence-corrected chi connectivity index (χ0v) is 10.0. The van der Waals surface area contributed by atoms with E-state index in [1.165, 1.54) is 0 Å². The largest absolute Gasteiger partial charge is 0.382 e. The van der Waals surface area contributed by atoms with Crippen molar-refractivity contribution in [3.8, 4) is 0 Å². The monoisotopic (exact) mass is 218 g/mol. The highest BCUT2D eigenvalue weighted by Crippen LogP contribution is 2.49. The van der Waals surface area contributed by atoms with Gasteiger partial charge in [-0.15, -0.1) is 0 Å². The summed E-state index contributed by atoms with van der Waals surface area (Å²) in [6, 6.07) is 9.80. The number of rotatable bonds is 1. The molecule has 1 aromatic carbocycles. The number of ketones is 1. The van der Waals surface area contributed by atoms with Crippen LogP contribution in [0, 0.1) is 5.41 Å². The van der Waals surface area contributed by atoms with Gasteiger partial charge < -0.3 is 5.11 Å². The molecule has 0 saturated heterocycles. The molecule has 2 heteroatoms. The van der Waals surface area contributed by atoms with Gasteiger partial charge in [0.2, 0.25) is 0 Å². The van der Waals surface area contributed by atoms with E-state index in [2.05, 4.69) is 0 Å². The van der Waals surface area contributed by atoms with Crippen LogP contribution in [0.5, 0.6) is 0 Å². The van der Waals surface area contributed by atoms with Crippen molar-refractivity contribution < 1.29 is 9.90 Å². The van der Waals surface area contributed by atoms with Crippen LogP contribution in [-0.4, -0.2) is 16.5 Å². The highest BCUT2D eigenvalue weighted by molar-refractivity contribution is 5.95. The number of aliphatic hydroxyl groups is 1. The van der Waals surface area contributed by atoms with Crippen molar-refractivity contribution in [3.05, 3.63) is 35.9 Å². The minimum Gasteiger partial charge on any atom is -0.382 e. The van der Waals surface area contributed by atoms with Gasteiger partial charge in [0, 0.05) is 11.3 Å². The Labute approximate surface area is 96.3 Å². The summed E-state index contributed by atoms with van der Waals surface area (Å²) in [5.41, 5.74) is -0.610. The fourth-order valence-corrected chi connectivity index (χ4v) is 2.77. The maximum absolute atomic E-state index is 12.1. The SMILES string of the molecule is CC1(C)C[C@@H](c2ccccc2)[C@](C)(O)C1=O. The van der Waals surface area contributed by atoms with Crippen molar-refractivity contribution in [2.75, 3.05) is 0 Å². The van der Waals surface area contributed by atoms with Gasteiger partial charge in [0.25, 0.3) is 0 Å². The highest BCUT2D eigenvalue weighted by Gasteiger charge is 2.54. The van der Waals surface area contributed by atoms with E-state index in [-0.39, 0.29) is 11.7 Å². The molecule has 1 aromatic rings. The van der Waals surface area contributed by atoms with Crippen molar-refractivity contribution in [1.82, 2.24) is 0 Å². The molecule has 2 atom stereocenters. The summed E-state index contributed by atoms with van der Waals surface area (Å²) in [6.07, 6.45) is 0.711. The lowest BCUT2D eigenvalue weighted by atomic mass is 9.86. The summed E-state index contributed by atoms with van der Waals surface area (Å²) in [6.45, 7) is 5.46. The van der Waals surface area contributed by atoms with Crippen molar-refractivity contribution in [2.24, 2.45) is 5.41 Å². The molecule has 1 aliphatic rings. The normalized spacial score (nSPS) is 33.0. The van der Waals surface area contributed by atoms with Gasteiger partial charge in [-0.1, -0.05) is 44.2 Å². The predicted molar refractivity (Wildman–Crippen MR) is 63.2 cm³/mol. The highest BCUT2D eigenvalue weighted by atomic mass is 16.3. The lowest BCUT2D eigenvalue weighted by Gasteiger charge is -2.24. The molecule has 1 saturated carbocycles. The second kappa shape index (κ2) is 3.42. The number of hydrogen-bond acceptors (Lipinski definition) is 2. The van der Waals surface area contributed by atoms with Gasteiger partial charge in [-0.05, 0) is 18.9 Å². The Morgan fingerprint density at radius 1 is 1.19 bits per heavy atom. The molecule has 1 fully saturated rings. The topological polar surface area (TPSA) is 37.3 Å². The first-order valence-corrected chi connectivity index (χ1v) is 5.68. The van der Waals surface area contributed by atoms with Gasteiger partial charge in [0.05, 0.1) is 0 Å². The second-order valence-electron chi connectivity index (χ2n) is 5.53. The van der Waals surface area contributed by atoms with Crippen LogP contribution in [0.1, 0.15) is 38.7 Å². The van der Waals surface area contributed by atoms with Crippen LogP contribution in [0.25, 0.3) is 0 Å². The quantitative estimate of drug-likeness (QED) is 0.786. The summed E-state index contributed by atoms with van der Waals surface area (Å²) >= 11 is 0. The molecule has 0 aromatic heterocycles. The maximum Gasteiger partial charge on any atom is 0.170 e. The average Bonchev–Trinajstić information content (AvgIpc) is 2.40. The van der Waals surface area contributed by atoms with Crippen LogP contribution in [0.15, 0.2) is 30.3 Å². The fourth-order valence-electron chi connectivity index (χ4n) is 2.77. The molecule has 0 amide bonds. The molecule has 2 nitrogen and oxygen atoms in total. The van der Waals surface area contributed by atoms with Crippen LogP contribution in [-0.2, 0) is 4.79 Å². The minimum atomic E-state index is -1.23. The number of carbonyl (C=O) groups is 1. The summed E-state index contributed by atoms with van der Waals surface area (Å²) < 4.78 is 0. The van der Waals surface area contributed by atoms with Gasteiger partial charge in [-0.2, -0.15) is 0 Å². The van der Waals surface area contributed by atoms with Crippen LogP contribution in [0.3, 0.4) is 0 Å². The summed E-state index contributed by atoms with van der Waals surface area (Å²) in [5.74, 6) is -0.134.